The molecule has 2 heterocycles. The van der Waals surface area contributed by atoms with E-state index in [1.807, 2.05) is 42.5 Å². The minimum Gasteiger partial charge on any atom is -0.497 e. The van der Waals surface area contributed by atoms with Gasteiger partial charge in [0, 0.05) is 34.5 Å². The van der Waals surface area contributed by atoms with Gasteiger partial charge in [-0.05, 0) is 49.2 Å². The zero-order valence-electron chi connectivity index (χ0n) is 15.5. The quantitative estimate of drug-likeness (QED) is 0.600. The summed E-state index contributed by atoms with van der Waals surface area (Å²) in [4.78, 5) is 18.1. The first-order chi connectivity index (χ1) is 13.6. The van der Waals surface area contributed by atoms with Gasteiger partial charge in [-0.15, -0.1) is 0 Å². The lowest BCUT2D eigenvalue weighted by Gasteiger charge is -2.11. The topological polar surface area (TPSA) is 63.4 Å². The number of H-pyrrole nitrogens is 1. The van der Waals surface area contributed by atoms with E-state index in [2.05, 4.69) is 10.3 Å². The van der Waals surface area contributed by atoms with Gasteiger partial charge in [-0.3, -0.25) is 4.79 Å². The number of aromatic nitrogens is 1. The molecule has 146 valence electrons. The fraction of sp³-hybridized carbons (Fsp3) is 0.286. The number of halogens is 1. The van der Waals surface area contributed by atoms with Crippen LogP contribution in [0, 0.1) is 0 Å². The molecule has 4 rings (SSSR count). The standard InChI is InChI=1S/C21H21ClN2O3S/c1-26-14-6-9-17-18(11-14)24-19(21(25)23-12-15-3-2-10-27-15)20(17)28-16-7-4-13(22)5-8-16/h4-9,11,15,24H,2-3,10,12H2,1H3,(H,23,25)/t15-/m1/s1. The number of carbonyl (C=O) groups excluding carboxylic acids is 1. The summed E-state index contributed by atoms with van der Waals surface area (Å²) >= 11 is 7.54. The number of hydrogen-bond donors (Lipinski definition) is 2. The van der Waals surface area contributed by atoms with Crippen LogP contribution in [0.2, 0.25) is 5.02 Å². The van der Waals surface area contributed by atoms with Crippen LogP contribution in [0.15, 0.2) is 52.3 Å². The van der Waals surface area contributed by atoms with Gasteiger partial charge in [0.1, 0.15) is 11.4 Å². The average Bonchev–Trinajstić information content (AvgIpc) is 3.35. The smallest absolute Gasteiger partial charge is 0.269 e. The van der Waals surface area contributed by atoms with Crippen molar-refractivity contribution >= 4 is 40.2 Å². The van der Waals surface area contributed by atoms with Crippen molar-refractivity contribution in [2.24, 2.45) is 0 Å². The molecular weight excluding hydrogens is 396 g/mol. The molecule has 0 radical (unpaired) electrons. The molecule has 2 N–H and O–H groups in total. The fourth-order valence-electron chi connectivity index (χ4n) is 3.26. The minimum atomic E-state index is -0.137. The fourth-order valence-corrected chi connectivity index (χ4v) is 4.43. The Bertz CT molecular complexity index is 981. The van der Waals surface area contributed by atoms with E-state index in [0.717, 1.165) is 45.9 Å². The second-order valence-electron chi connectivity index (χ2n) is 6.64. The number of amides is 1. The maximum atomic E-state index is 12.9. The summed E-state index contributed by atoms with van der Waals surface area (Å²) in [7, 11) is 1.63. The van der Waals surface area contributed by atoms with Crippen LogP contribution in [0.3, 0.4) is 0 Å². The predicted octanol–water partition coefficient (Wildman–Crippen LogP) is 4.89. The lowest BCUT2D eigenvalue weighted by Crippen LogP contribution is -2.32. The van der Waals surface area contributed by atoms with E-state index in [1.165, 1.54) is 11.8 Å². The van der Waals surface area contributed by atoms with Crippen molar-refractivity contribution in [1.82, 2.24) is 10.3 Å². The van der Waals surface area contributed by atoms with Gasteiger partial charge in [-0.2, -0.15) is 0 Å². The molecule has 0 unspecified atom stereocenters. The van der Waals surface area contributed by atoms with E-state index in [4.69, 9.17) is 21.1 Å². The van der Waals surface area contributed by atoms with Crippen LogP contribution >= 0.6 is 23.4 Å². The second-order valence-corrected chi connectivity index (χ2v) is 8.16. The molecule has 0 bridgehead atoms. The number of rotatable bonds is 6. The highest BCUT2D eigenvalue weighted by Crippen LogP contribution is 2.38. The summed E-state index contributed by atoms with van der Waals surface area (Å²) in [6, 6.07) is 13.4. The maximum absolute atomic E-state index is 12.9. The number of methoxy groups -OCH3 is 1. The zero-order valence-corrected chi connectivity index (χ0v) is 17.0. The molecule has 5 nitrogen and oxygen atoms in total. The van der Waals surface area contributed by atoms with Crippen LogP contribution in [0.4, 0.5) is 0 Å². The summed E-state index contributed by atoms with van der Waals surface area (Å²) in [5.41, 5.74) is 1.40. The molecule has 28 heavy (non-hydrogen) atoms. The summed E-state index contributed by atoms with van der Waals surface area (Å²) in [5.74, 6) is 0.602. The van der Waals surface area contributed by atoms with Crippen molar-refractivity contribution in [3.63, 3.8) is 0 Å². The van der Waals surface area contributed by atoms with E-state index >= 15 is 0 Å². The van der Waals surface area contributed by atoms with Crippen molar-refractivity contribution in [3.05, 3.63) is 53.2 Å². The van der Waals surface area contributed by atoms with Crippen LogP contribution in [0.5, 0.6) is 5.75 Å². The van der Waals surface area contributed by atoms with E-state index in [0.29, 0.717) is 17.3 Å². The van der Waals surface area contributed by atoms with Gasteiger partial charge in [0.25, 0.3) is 5.91 Å². The third-order valence-electron chi connectivity index (χ3n) is 4.73. The molecule has 1 amide bonds. The van der Waals surface area contributed by atoms with Crippen molar-refractivity contribution in [3.8, 4) is 5.75 Å². The Morgan fingerprint density at radius 1 is 1.32 bits per heavy atom. The molecule has 3 aromatic rings. The van der Waals surface area contributed by atoms with Gasteiger partial charge < -0.3 is 19.8 Å². The van der Waals surface area contributed by atoms with E-state index in [1.54, 1.807) is 7.11 Å². The monoisotopic (exact) mass is 416 g/mol. The number of ether oxygens (including phenoxy) is 2. The van der Waals surface area contributed by atoms with E-state index < -0.39 is 0 Å². The Morgan fingerprint density at radius 2 is 2.14 bits per heavy atom. The van der Waals surface area contributed by atoms with Crippen LogP contribution in [0.1, 0.15) is 23.3 Å². The van der Waals surface area contributed by atoms with Crippen LogP contribution in [-0.2, 0) is 4.74 Å². The summed E-state index contributed by atoms with van der Waals surface area (Å²) in [6.45, 7) is 1.28. The first kappa shape index (κ1) is 19.2. The Morgan fingerprint density at radius 3 is 2.86 bits per heavy atom. The molecular formula is C21H21ClN2O3S. The zero-order chi connectivity index (χ0) is 19.5. The van der Waals surface area contributed by atoms with E-state index in [-0.39, 0.29) is 12.0 Å². The molecule has 7 heteroatoms. The highest BCUT2D eigenvalue weighted by atomic mass is 35.5. The molecule has 1 fully saturated rings. The molecule has 1 aliphatic heterocycles. The van der Waals surface area contributed by atoms with E-state index in [9.17, 15) is 4.79 Å². The Hall–Kier alpha value is -2.15. The molecule has 1 aromatic heterocycles. The molecule has 1 saturated heterocycles. The summed E-state index contributed by atoms with van der Waals surface area (Å²) in [5, 5.41) is 4.66. The van der Waals surface area contributed by atoms with Crippen LogP contribution in [-0.4, -0.2) is 37.3 Å². The SMILES string of the molecule is COc1ccc2c(Sc3ccc(Cl)cc3)c(C(=O)NC[C@H]3CCCO3)[nH]c2c1. The molecule has 1 atom stereocenters. The third kappa shape index (κ3) is 4.14. The maximum Gasteiger partial charge on any atom is 0.269 e. The third-order valence-corrected chi connectivity index (χ3v) is 6.12. The molecule has 2 aromatic carbocycles. The number of fused-ring (bicyclic) bond motifs is 1. The first-order valence-electron chi connectivity index (χ1n) is 9.17. The summed E-state index contributed by atoms with van der Waals surface area (Å²) < 4.78 is 10.9. The number of benzene rings is 2. The van der Waals surface area contributed by atoms with Crippen LogP contribution in [0.25, 0.3) is 10.9 Å². The normalized spacial score (nSPS) is 16.4. The molecule has 0 aliphatic carbocycles. The van der Waals surface area contributed by atoms with Crippen molar-refractivity contribution in [2.45, 2.75) is 28.7 Å². The summed E-state index contributed by atoms with van der Waals surface area (Å²) in [6.07, 6.45) is 2.13. The van der Waals surface area contributed by atoms with Crippen molar-refractivity contribution in [1.29, 1.82) is 0 Å². The number of nitrogens with one attached hydrogen (secondary N) is 2. The largest absolute Gasteiger partial charge is 0.497 e. The number of hydrogen-bond acceptors (Lipinski definition) is 4. The number of carbonyl (C=O) groups is 1. The van der Waals surface area contributed by atoms with Gasteiger partial charge in [-0.1, -0.05) is 23.4 Å². The first-order valence-corrected chi connectivity index (χ1v) is 10.4. The highest BCUT2D eigenvalue weighted by Gasteiger charge is 2.22. The number of aromatic amines is 1. The van der Waals surface area contributed by atoms with Crippen molar-refractivity contribution in [2.75, 3.05) is 20.3 Å². The Labute approximate surface area is 172 Å². The van der Waals surface area contributed by atoms with Gasteiger partial charge in [-0.25, -0.2) is 0 Å². The Kier molecular flexibility index (Phi) is 5.80. The lowest BCUT2D eigenvalue weighted by atomic mass is 10.2. The minimum absolute atomic E-state index is 0.0980. The molecule has 0 saturated carbocycles. The molecule has 1 aliphatic rings. The Balaban J connectivity index is 1.66. The average molecular weight is 417 g/mol. The van der Waals surface area contributed by atoms with Crippen molar-refractivity contribution < 1.29 is 14.3 Å². The van der Waals surface area contributed by atoms with Gasteiger partial charge >= 0.3 is 0 Å². The molecule has 0 spiro atoms. The van der Waals surface area contributed by atoms with Gasteiger partial charge in [0.15, 0.2) is 0 Å². The van der Waals surface area contributed by atoms with Crippen LogP contribution < -0.4 is 10.1 Å². The lowest BCUT2D eigenvalue weighted by molar-refractivity contribution is 0.0852. The predicted molar refractivity (Wildman–Crippen MR) is 112 cm³/mol. The van der Waals surface area contributed by atoms with Gasteiger partial charge in [0.2, 0.25) is 0 Å². The second kappa shape index (κ2) is 8.47. The van der Waals surface area contributed by atoms with Gasteiger partial charge in [0.05, 0.1) is 23.6 Å². The highest BCUT2D eigenvalue weighted by molar-refractivity contribution is 7.99.